The fourth-order valence-electron chi connectivity index (χ4n) is 2.71. The number of hydrogen-bond donors (Lipinski definition) is 2. The molecule has 0 atom stereocenters. The normalized spacial score (nSPS) is 19.4. The van der Waals surface area contributed by atoms with Crippen molar-refractivity contribution in [1.82, 2.24) is 9.55 Å². The van der Waals surface area contributed by atoms with Gasteiger partial charge in [0.2, 0.25) is 0 Å². The van der Waals surface area contributed by atoms with Crippen molar-refractivity contribution in [2.24, 2.45) is 5.92 Å². The van der Waals surface area contributed by atoms with E-state index in [2.05, 4.69) is 4.98 Å². The average Bonchev–Trinajstić information content (AvgIpc) is 2.67. The van der Waals surface area contributed by atoms with Crippen LogP contribution in [0.1, 0.15) is 12.8 Å². The van der Waals surface area contributed by atoms with Crippen LogP contribution >= 0.6 is 0 Å². The molecular formula is C13H16N2O4S. The van der Waals surface area contributed by atoms with Crippen molar-refractivity contribution >= 4 is 20.9 Å². The quantitative estimate of drug-likeness (QED) is 0.859. The summed E-state index contributed by atoms with van der Waals surface area (Å²) in [6, 6.07) is 4.75. The molecule has 1 fully saturated rings. The molecular weight excluding hydrogens is 280 g/mol. The minimum absolute atomic E-state index is 0.106. The highest BCUT2D eigenvalue weighted by Crippen LogP contribution is 2.23. The predicted octanol–water partition coefficient (Wildman–Crippen LogP) is 0.860. The number of nitrogens with zero attached hydrogens (tertiary/aromatic N) is 1. The van der Waals surface area contributed by atoms with Crippen LogP contribution in [0.5, 0.6) is 5.75 Å². The molecule has 2 aromatic rings. The van der Waals surface area contributed by atoms with Gasteiger partial charge < -0.3 is 10.1 Å². The number of aromatic nitrogens is 2. The van der Waals surface area contributed by atoms with Gasteiger partial charge in [-0.1, -0.05) is 0 Å². The van der Waals surface area contributed by atoms with Gasteiger partial charge in [0.25, 0.3) is 0 Å². The highest BCUT2D eigenvalue weighted by Gasteiger charge is 2.24. The number of nitrogens with one attached hydrogen (secondary N) is 1. The lowest BCUT2D eigenvalue weighted by Crippen LogP contribution is -2.29. The van der Waals surface area contributed by atoms with Gasteiger partial charge in [-0.15, -0.1) is 0 Å². The van der Waals surface area contributed by atoms with Crippen molar-refractivity contribution in [3.8, 4) is 5.75 Å². The van der Waals surface area contributed by atoms with E-state index >= 15 is 0 Å². The molecule has 1 saturated heterocycles. The fraction of sp³-hybridized carbons (Fsp3) is 0.462. The molecule has 0 spiro atoms. The van der Waals surface area contributed by atoms with Gasteiger partial charge in [-0.05, 0) is 30.9 Å². The van der Waals surface area contributed by atoms with E-state index in [0.717, 1.165) is 5.52 Å². The standard InChI is InChI=1S/C13H16N2O4S/c16-10-1-2-12-11(7-10)14-13(17)15(12)8-9-3-5-20(18,19)6-4-9/h1-2,7,9,16H,3-6,8H2,(H,14,17). The highest BCUT2D eigenvalue weighted by atomic mass is 32.2. The first-order valence-electron chi connectivity index (χ1n) is 6.56. The summed E-state index contributed by atoms with van der Waals surface area (Å²) in [5.41, 5.74) is 1.11. The van der Waals surface area contributed by atoms with E-state index in [-0.39, 0.29) is 28.9 Å². The number of fused-ring (bicyclic) bond motifs is 1. The van der Waals surface area contributed by atoms with E-state index in [1.165, 1.54) is 12.1 Å². The van der Waals surface area contributed by atoms with Gasteiger partial charge in [-0.25, -0.2) is 13.2 Å². The molecule has 1 aromatic carbocycles. The maximum atomic E-state index is 12.0. The molecule has 0 bridgehead atoms. The summed E-state index contributed by atoms with van der Waals surface area (Å²) in [6.45, 7) is 0.513. The Kier molecular flexibility index (Phi) is 3.08. The van der Waals surface area contributed by atoms with Crippen LogP contribution in [0.3, 0.4) is 0 Å². The van der Waals surface area contributed by atoms with E-state index in [9.17, 15) is 18.3 Å². The third-order valence-corrected chi connectivity index (χ3v) is 5.59. The van der Waals surface area contributed by atoms with Crippen LogP contribution in [0.4, 0.5) is 0 Å². The van der Waals surface area contributed by atoms with E-state index < -0.39 is 9.84 Å². The monoisotopic (exact) mass is 296 g/mol. The zero-order valence-corrected chi connectivity index (χ0v) is 11.7. The highest BCUT2D eigenvalue weighted by molar-refractivity contribution is 7.91. The Hall–Kier alpha value is -1.76. The molecule has 0 amide bonds. The second-order valence-electron chi connectivity index (χ2n) is 5.34. The van der Waals surface area contributed by atoms with Crippen molar-refractivity contribution in [3.05, 3.63) is 28.7 Å². The minimum Gasteiger partial charge on any atom is -0.508 e. The maximum Gasteiger partial charge on any atom is 0.326 e. The molecule has 20 heavy (non-hydrogen) atoms. The lowest BCUT2D eigenvalue weighted by molar-refractivity contribution is 0.404. The topological polar surface area (TPSA) is 92.2 Å². The van der Waals surface area contributed by atoms with Crippen molar-refractivity contribution < 1.29 is 13.5 Å². The van der Waals surface area contributed by atoms with Gasteiger partial charge in [0.1, 0.15) is 15.6 Å². The van der Waals surface area contributed by atoms with Gasteiger partial charge in [-0.3, -0.25) is 4.57 Å². The van der Waals surface area contributed by atoms with Crippen LogP contribution in [0.25, 0.3) is 11.0 Å². The van der Waals surface area contributed by atoms with E-state index in [4.69, 9.17) is 0 Å². The molecule has 1 aromatic heterocycles. The number of aromatic amines is 1. The molecule has 2 N–H and O–H groups in total. The average molecular weight is 296 g/mol. The molecule has 108 valence electrons. The van der Waals surface area contributed by atoms with Crippen LogP contribution in [-0.2, 0) is 16.4 Å². The number of rotatable bonds is 2. The second kappa shape index (κ2) is 4.66. The first kappa shape index (κ1) is 13.2. The molecule has 0 radical (unpaired) electrons. The number of H-pyrrole nitrogens is 1. The summed E-state index contributed by atoms with van der Waals surface area (Å²) in [5, 5.41) is 9.41. The molecule has 7 heteroatoms. The van der Waals surface area contributed by atoms with Gasteiger partial charge >= 0.3 is 5.69 Å². The summed E-state index contributed by atoms with van der Waals surface area (Å²) in [7, 11) is -2.88. The Morgan fingerprint density at radius 3 is 2.70 bits per heavy atom. The van der Waals surface area contributed by atoms with Crippen LogP contribution in [-0.4, -0.2) is 34.6 Å². The van der Waals surface area contributed by atoms with Gasteiger partial charge in [-0.2, -0.15) is 0 Å². The first-order chi connectivity index (χ1) is 9.44. The summed E-state index contributed by atoms with van der Waals surface area (Å²) in [6.07, 6.45) is 1.19. The van der Waals surface area contributed by atoms with Crippen molar-refractivity contribution in [3.63, 3.8) is 0 Å². The number of hydrogen-bond acceptors (Lipinski definition) is 4. The SMILES string of the molecule is O=c1[nH]c2cc(O)ccc2n1CC1CCS(=O)(=O)CC1. The smallest absolute Gasteiger partial charge is 0.326 e. The van der Waals surface area contributed by atoms with E-state index in [1.54, 1.807) is 10.6 Å². The number of benzene rings is 1. The minimum atomic E-state index is -2.88. The van der Waals surface area contributed by atoms with Crippen molar-refractivity contribution in [2.75, 3.05) is 11.5 Å². The number of phenolic OH excluding ortho intramolecular Hbond substituents is 1. The van der Waals surface area contributed by atoms with Crippen molar-refractivity contribution in [1.29, 1.82) is 0 Å². The molecule has 0 unspecified atom stereocenters. The summed E-state index contributed by atoms with van der Waals surface area (Å²) in [4.78, 5) is 14.7. The zero-order valence-electron chi connectivity index (χ0n) is 10.9. The Morgan fingerprint density at radius 2 is 2.00 bits per heavy atom. The number of aromatic hydroxyl groups is 1. The van der Waals surface area contributed by atoms with Crippen LogP contribution in [0.2, 0.25) is 0 Å². The molecule has 6 nitrogen and oxygen atoms in total. The van der Waals surface area contributed by atoms with Crippen LogP contribution in [0.15, 0.2) is 23.0 Å². The van der Waals surface area contributed by atoms with Crippen LogP contribution in [0, 0.1) is 5.92 Å². The Labute approximate surface area is 116 Å². The molecule has 3 rings (SSSR count). The summed E-state index contributed by atoms with van der Waals surface area (Å²) < 4.78 is 24.4. The Bertz CT molecular complexity index is 789. The molecule has 1 aliphatic heterocycles. The molecule has 0 aliphatic carbocycles. The molecule has 0 saturated carbocycles. The maximum absolute atomic E-state index is 12.0. The number of imidazole rings is 1. The fourth-order valence-corrected chi connectivity index (χ4v) is 4.30. The van der Waals surface area contributed by atoms with Gasteiger partial charge in [0.15, 0.2) is 0 Å². The number of sulfone groups is 1. The lowest BCUT2D eigenvalue weighted by atomic mass is 10.0. The third kappa shape index (κ3) is 2.45. The van der Waals surface area contributed by atoms with Gasteiger partial charge in [0, 0.05) is 12.6 Å². The molecule has 2 heterocycles. The van der Waals surface area contributed by atoms with Crippen LogP contribution < -0.4 is 5.69 Å². The Morgan fingerprint density at radius 1 is 1.30 bits per heavy atom. The lowest BCUT2D eigenvalue weighted by Gasteiger charge is -2.22. The Balaban J connectivity index is 1.88. The largest absolute Gasteiger partial charge is 0.508 e. The second-order valence-corrected chi connectivity index (χ2v) is 7.64. The van der Waals surface area contributed by atoms with E-state index in [0.29, 0.717) is 24.9 Å². The predicted molar refractivity (Wildman–Crippen MR) is 75.6 cm³/mol. The summed E-state index contributed by atoms with van der Waals surface area (Å²) >= 11 is 0. The first-order valence-corrected chi connectivity index (χ1v) is 8.39. The summed E-state index contributed by atoms with van der Waals surface area (Å²) in [5.74, 6) is 0.712. The third-order valence-electron chi connectivity index (χ3n) is 3.87. The van der Waals surface area contributed by atoms with E-state index in [1.807, 2.05) is 0 Å². The van der Waals surface area contributed by atoms with Gasteiger partial charge in [0.05, 0.1) is 22.5 Å². The molecule has 1 aliphatic rings. The zero-order chi connectivity index (χ0) is 14.3. The number of phenols is 1. The van der Waals surface area contributed by atoms with Crippen molar-refractivity contribution in [2.45, 2.75) is 19.4 Å².